The Kier molecular flexibility index (Phi) is 2.61. The lowest BCUT2D eigenvalue weighted by Gasteiger charge is -2.10. The minimum atomic E-state index is 1.21. The molecule has 4 aromatic rings. The van der Waals surface area contributed by atoms with Crippen LogP contribution in [-0.2, 0) is 0 Å². The molecule has 1 aromatic heterocycles. The Balaban J connectivity index is 2.24. The summed E-state index contributed by atoms with van der Waals surface area (Å²) < 4.78 is 2.34. The molecule has 96 valence electrons. The Morgan fingerprint density at radius 2 is 1.10 bits per heavy atom. The zero-order valence-electron chi connectivity index (χ0n) is 11.0. The molecular formula is C18H14NP. The fraction of sp³-hybridized carbons (Fsp3) is 0. The Morgan fingerprint density at radius 3 is 1.70 bits per heavy atom. The fourth-order valence-corrected chi connectivity index (χ4v) is 3.21. The number of nitrogens with zero attached hydrogens (tertiary/aromatic N) is 1. The molecule has 1 atom stereocenters. The Hall–Kier alpha value is -2.11. The van der Waals surface area contributed by atoms with Gasteiger partial charge in [0.25, 0.3) is 0 Å². The van der Waals surface area contributed by atoms with E-state index in [1.165, 1.54) is 32.8 Å². The van der Waals surface area contributed by atoms with E-state index < -0.39 is 0 Å². The SMILES string of the molecule is Pc1ccccc1-n1c2ccccc2c2ccccc21. The van der Waals surface area contributed by atoms with Crippen LogP contribution in [0.1, 0.15) is 0 Å². The van der Waals surface area contributed by atoms with Crippen LogP contribution in [0.3, 0.4) is 0 Å². The summed E-state index contributed by atoms with van der Waals surface area (Å²) >= 11 is 0. The first-order chi connectivity index (χ1) is 9.86. The molecule has 0 aliphatic carbocycles. The summed E-state index contributed by atoms with van der Waals surface area (Å²) in [7, 11) is 2.83. The van der Waals surface area contributed by atoms with E-state index in [-0.39, 0.29) is 0 Å². The Bertz CT molecular complexity index is 868. The van der Waals surface area contributed by atoms with Crippen LogP contribution in [0.4, 0.5) is 0 Å². The first-order valence-corrected chi connectivity index (χ1v) is 7.27. The lowest BCUT2D eigenvalue weighted by atomic mass is 10.2. The van der Waals surface area contributed by atoms with Gasteiger partial charge in [-0.25, -0.2) is 0 Å². The number of para-hydroxylation sites is 3. The smallest absolute Gasteiger partial charge is 0.0541 e. The van der Waals surface area contributed by atoms with Crippen LogP contribution in [0.2, 0.25) is 0 Å². The molecule has 0 spiro atoms. The van der Waals surface area contributed by atoms with E-state index in [4.69, 9.17) is 0 Å². The molecule has 0 saturated heterocycles. The van der Waals surface area contributed by atoms with Crippen LogP contribution in [0.5, 0.6) is 0 Å². The van der Waals surface area contributed by atoms with Crippen molar-refractivity contribution >= 4 is 36.4 Å². The van der Waals surface area contributed by atoms with Gasteiger partial charge < -0.3 is 4.57 Å². The predicted octanol–water partition coefficient (Wildman–Crippen LogP) is 4.28. The standard InChI is InChI=1S/C18H14NP/c20-18-12-6-5-11-17(18)19-15-9-3-1-7-13(15)14-8-2-4-10-16(14)19/h1-12H,20H2. The minimum Gasteiger partial charge on any atom is -0.309 e. The third-order valence-corrected chi connectivity index (χ3v) is 4.25. The maximum atomic E-state index is 2.83. The highest BCUT2D eigenvalue weighted by atomic mass is 31.0. The number of aromatic nitrogens is 1. The summed E-state index contributed by atoms with van der Waals surface area (Å²) in [5, 5.41) is 3.81. The second-order valence-electron chi connectivity index (χ2n) is 4.93. The second kappa shape index (κ2) is 4.47. The van der Waals surface area contributed by atoms with Crippen molar-refractivity contribution in [2.24, 2.45) is 0 Å². The van der Waals surface area contributed by atoms with E-state index in [0.29, 0.717) is 0 Å². The zero-order chi connectivity index (χ0) is 13.5. The normalized spacial score (nSPS) is 11.2. The Labute approximate surface area is 120 Å². The number of hydrogen-bond donors (Lipinski definition) is 0. The molecule has 0 radical (unpaired) electrons. The summed E-state index contributed by atoms with van der Waals surface area (Å²) in [6, 6.07) is 25.6. The number of benzene rings is 3. The van der Waals surface area contributed by atoms with Crippen molar-refractivity contribution in [1.29, 1.82) is 0 Å². The monoisotopic (exact) mass is 275 g/mol. The van der Waals surface area contributed by atoms with Crippen LogP contribution in [-0.4, -0.2) is 4.57 Å². The number of fused-ring (bicyclic) bond motifs is 3. The van der Waals surface area contributed by atoms with Gasteiger partial charge in [0.2, 0.25) is 0 Å². The molecule has 2 heteroatoms. The topological polar surface area (TPSA) is 4.93 Å². The van der Waals surface area contributed by atoms with Gasteiger partial charge in [0.15, 0.2) is 0 Å². The zero-order valence-corrected chi connectivity index (χ0v) is 12.1. The van der Waals surface area contributed by atoms with E-state index in [2.05, 4.69) is 86.6 Å². The van der Waals surface area contributed by atoms with Gasteiger partial charge in [0.05, 0.1) is 16.7 Å². The first kappa shape index (κ1) is 11.7. The van der Waals surface area contributed by atoms with E-state index in [1.807, 2.05) is 0 Å². The molecule has 0 aliphatic heterocycles. The molecule has 0 aliphatic rings. The molecule has 4 rings (SSSR count). The molecule has 0 saturated carbocycles. The van der Waals surface area contributed by atoms with Gasteiger partial charge in [-0.05, 0) is 23.5 Å². The summed E-state index contributed by atoms with van der Waals surface area (Å²) in [4.78, 5) is 0. The summed E-state index contributed by atoms with van der Waals surface area (Å²) in [6.45, 7) is 0. The summed E-state index contributed by atoms with van der Waals surface area (Å²) in [6.07, 6.45) is 0. The van der Waals surface area contributed by atoms with E-state index in [1.54, 1.807) is 0 Å². The molecule has 1 nitrogen and oxygen atoms in total. The maximum Gasteiger partial charge on any atom is 0.0541 e. The van der Waals surface area contributed by atoms with Crippen LogP contribution < -0.4 is 5.30 Å². The lowest BCUT2D eigenvalue weighted by molar-refractivity contribution is 1.19. The van der Waals surface area contributed by atoms with Crippen molar-refractivity contribution in [3.63, 3.8) is 0 Å². The summed E-state index contributed by atoms with van der Waals surface area (Å²) in [5.74, 6) is 0. The molecule has 0 fully saturated rings. The summed E-state index contributed by atoms with van der Waals surface area (Å²) in [5.41, 5.74) is 3.72. The van der Waals surface area contributed by atoms with Crippen molar-refractivity contribution in [3.8, 4) is 5.69 Å². The first-order valence-electron chi connectivity index (χ1n) is 6.69. The van der Waals surface area contributed by atoms with Gasteiger partial charge >= 0.3 is 0 Å². The van der Waals surface area contributed by atoms with Gasteiger partial charge in [-0.1, -0.05) is 54.6 Å². The maximum absolute atomic E-state index is 2.83. The Morgan fingerprint density at radius 1 is 0.600 bits per heavy atom. The third-order valence-electron chi connectivity index (χ3n) is 3.76. The fourth-order valence-electron chi connectivity index (χ4n) is 2.87. The van der Waals surface area contributed by atoms with Crippen molar-refractivity contribution in [1.82, 2.24) is 4.57 Å². The molecule has 1 unspecified atom stereocenters. The molecule has 0 N–H and O–H groups in total. The van der Waals surface area contributed by atoms with Gasteiger partial charge in [0.1, 0.15) is 0 Å². The third kappa shape index (κ3) is 1.60. The molecule has 0 amide bonds. The van der Waals surface area contributed by atoms with E-state index in [9.17, 15) is 0 Å². The molecule has 20 heavy (non-hydrogen) atoms. The second-order valence-corrected chi connectivity index (χ2v) is 5.55. The lowest BCUT2D eigenvalue weighted by Crippen LogP contribution is -2.04. The van der Waals surface area contributed by atoms with Crippen molar-refractivity contribution in [3.05, 3.63) is 72.8 Å². The highest BCUT2D eigenvalue weighted by Crippen LogP contribution is 2.31. The van der Waals surface area contributed by atoms with E-state index >= 15 is 0 Å². The molecule has 0 bridgehead atoms. The van der Waals surface area contributed by atoms with Crippen LogP contribution in [0.25, 0.3) is 27.5 Å². The quantitative estimate of drug-likeness (QED) is 0.457. The average Bonchev–Trinajstić information content (AvgIpc) is 2.83. The predicted molar refractivity (Wildman–Crippen MR) is 90.1 cm³/mol. The van der Waals surface area contributed by atoms with Crippen LogP contribution >= 0.6 is 9.24 Å². The van der Waals surface area contributed by atoms with Gasteiger partial charge in [0, 0.05) is 10.8 Å². The minimum absolute atomic E-state index is 1.21. The highest BCUT2D eigenvalue weighted by Gasteiger charge is 2.11. The van der Waals surface area contributed by atoms with Crippen molar-refractivity contribution in [2.45, 2.75) is 0 Å². The van der Waals surface area contributed by atoms with Crippen molar-refractivity contribution < 1.29 is 0 Å². The molecular weight excluding hydrogens is 261 g/mol. The molecule has 3 aromatic carbocycles. The largest absolute Gasteiger partial charge is 0.309 e. The van der Waals surface area contributed by atoms with Crippen molar-refractivity contribution in [2.75, 3.05) is 0 Å². The van der Waals surface area contributed by atoms with Gasteiger partial charge in [-0.2, -0.15) is 0 Å². The van der Waals surface area contributed by atoms with Crippen LogP contribution in [0, 0.1) is 0 Å². The molecule has 1 heterocycles. The van der Waals surface area contributed by atoms with E-state index in [0.717, 1.165) is 0 Å². The number of rotatable bonds is 1. The van der Waals surface area contributed by atoms with Crippen LogP contribution in [0.15, 0.2) is 72.8 Å². The highest BCUT2D eigenvalue weighted by molar-refractivity contribution is 7.27. The van der Waals surface area contributed by atoms with Gasteiger partial charge in [-0.3, -0.25) is 0 Å². The average molecular weight is 275 g/mol. The number of hydrogen-bond acceptors (Lipinski definition) is 0. The van der Waals surface area contributed by atoms with Gasteiger partial charge in [-0.15, -0.1) is 9.24 Å².